The predicted molar refractivity (Wildman–Crippen MR) is 140 cm³/mol. The second kappa shape index (κ2) is 9.79. The van der Waals surface area contributed by atoms with Crippen LogP contribution in [0.25, 0.3) is 16.6 Å². The molecule has 36 heavy (non-hydrogen) atoms. The van der Waals surface area contributed by atoms with Crippen LogP contribution in [0.2, 0.25) is 0 Å². The Hall–Kier alpha value is -4.85. The Balaban J connectivity index is 1.60. The van der Waals surface area contributed by atoms with Crippen molar-refractivity contribution in [3.8, 4) is 17.3 Å². The van der Waals surface area contributed by atoms with E-state index in [1.165, 1.54) is 7.11 Å². The molecule has 0 fully saturated rings. The Kier molecular flexibility index (Phi) is 6.23. The summed E-state index contributed by atoms with van der Waals surface area (Å²) in [5.74, 6) is 0.114. The van der Waals surface area contributed by atoms with Crippen molar-refractivity contribution in [2.24, 2.45) is 4.99 Å². The molecule has 180 valence electrons. The molecule has 0 bridgehead atoms. The fraction of sp³-hybridized carbons (Fsp3) is 0.107. The Morgan fingerprint density at radius 1 is 0.972 bits per heavy atom. The minimum absolute atomic E-state index is 0.0736. The van der Waals surface area contributed by atoms with Gasteiger partial charge in [0.25, 0.3) is 5.56 Å². The Bertz CT molecular complexity index is 1660. The summed E-state index contributed by atoms with van der Waals surface area (Å²) in [4.78, 5) is 36.0. The zero-order valence-corrected chi connectivity index (χ0v) is 19.6. The lowest BCUT2D eigenvalue weighted by Crippen LogP contribution is -2.33. The SMILES string of the molecule is COc1ccc(-n2c(O)c(C(=NCCc3c[nH]c4ccccc34)c3ccccc3)c(=O)[nH]c2=O)cc1. The quantitative estimate of drug-likeness (QED) is 0.308. The molecule has 3 N–H and O–H groups in total. The maximum absolute atomic E-state index is 13.0. The number of H-pyrrole nitrogens is 2. The van der Waals surface area contributed by atoms with Gasteiger partial charge in [0.1, 0.15) is 11.3 Å². The zero-order chi connectivity index (χ0) is 25.1. The summed E-state index contributed by atoms with van der Waals surface area (Å²) in [5.41, 5.74) is 1.93. The van der Waals surface area contributed by atoms with Gasteiger partial charge < -0.3 is 14.8 Å². The van der Waals surface area contributed by atoms with Gasteiger partial charge in [-0.3, -0.25) is 14.8 Å². The number of hydrogen-bond donors (Lipinski definition) is 3. The van der Waals surface area contributed by atoms with Crippen molar-refractivity contribution < 1.29 is 9.84 Å². The lowest BCUT2D eigenvalue weighted by atomic mass is 10.0. The van der Waals surface area contributed by atoms with Crippen LogP contribution in [0.4, 0.5) is 0 Å². The summed E-state index contributed by atoms with van der Waals surface area (Å²) in [6, 6.07) is 23.7. The van der Waals surface area contributed by atoms with Crippen LogP contribution in [-0.2, 0) is 6.42 Å². The Morgan fingerprint density at radius 3 is 2.44 bits per heavy atom. The molecule has 5 rings (SSSR count). The molecule has 2 heterocycles. The van der Waals surface area contributed by atoms with Crippen LogP contribution in [0.1, 0.15) is 16.7 Å². The molecule has 0 radical (unpaired) electrons. The van der Waals surface area contributed by atoms with E-state index in [0.29, 0.717) is 35.7 Å². The highest BCUT2D eigenvalue weighted by atomic mass is 16.5. The first-order chi connectivity index (χ1) is 17.6. The first-order valence-electron chi connectivity index (χ1n) is 11.4. The average molecular weight is 481 g/mol. The summed E-state index contributed by atoms with van der Waals surface area (Å²) >= 11 is 0. The van der Waals surface area contributed by atoms with Gasteiger partial charge in [0.2, 0.25) is 5.88 Å². The van der Waals surface area contributed by atoms with Crippen LogP contribution < -0.4 is 16.0 Å². The second-order valence-electron chi connectivity index (χ2n) is 8.20. The first kappa shape index (κ1) is 22.9. The van der Waals surface area contributed by atoms with E-state index >= 15 is 0 Å². The smallest absolute Gasteiger partial charge is 0.335 e. The number of fused-ring (bicyclic) bond motifs is 1. The molecular weight excluding hydrogens is 456 g/mol. The lowest BCUT2D eigenvalue weighted by molar-refractivity contribution is 0.414. The molecule has 0 spiro atoms. The third-order valence-electron chi connectivity index (χ3n) is 6.03. The normalized spacial score (nSPS) is 11.6. The van der Waals surface area contributed by atoms with Crippen molar-refractivity contribution in [1.29, 1.82) is 0 Å². The van der Waals surface area contributed by atoms with E-state index in [9.17, 15) is 14.7 Å². The van der Waals surface area contributed by atoms with E-state index in [1.54, 1.807) is 24.3 Å². The molecule has 0 saturated heterocycles. The lowest BCUT2D eigenvalue weighted by Gasteiger charge is -2.14. The monoisotopic (exact) mass is 480 g/mol. The van der Waals surface area contributed by atoms with Crippen molar-refractivity contribution in [1.82, 2.24) is 14.5 Å². The Labute approximate surface area is 206 Å². The molecule has 2 aromatic heterocycles. The van der Waals surface area contributed by atoms with Gasteiger partial charge in [-0.25, -0.2) is 9.36 Å². The maximum atomic E-state index is 13.0. The highest BCUT2D eigenvalue weighted by Crippen LogP contribution is 2.23. The van der Waals surface area contributed by atoms with Crippen molar-refractivity contribution in [2.45, 2.75) is 6.42 Å². The summed E-state index contributed by atoms with van der Waals surface area (Å²) < 4.78 is 6.23. The van der Waals surface area contributed by atoms with E-state index < -0.39 is 17.1 Å². The molecule has 8 nitrogen and oxygen atoms in total. The van der Waals surface area contributed by atoms with Gasteiger partial charge in [0, 0.05) is 29.2 Å². The molecule has 0 aliphatic carbocycles. The molecule has 3 aromatic carbocycles. The maximum Gasteiger partial charge on any atom is 0.335 e. The molecular formula is C28H24N4O4. The largest absolute Gasteiger partial charge is 0.497 e. The van der Waals surface area contributed by atoms with E-state index in [0.717, 1.165) is 21.0 Å². The van der Waals surface area contributed by atoms with E-state index in [-0.39, 0.29) is 5.56 Å². The minimum atomic E-state index is -0.752. The number of rotatable bonds is 7. The number of ether oxygens (including phenoxy) is 1. The van der Waals surface area contributed by atoms with Crippen LogP contribution in [0, 0.1) is 0 Å². The van der Waals surface area contributed by atoms with Gasteiger partial charge >= 0.3 is 5.69 Å². The van der Waals surface area contributed by atoms with E-state index in [1.807, 2.05) is 60.8 Å². The summed E-state index contributed by atoms with van der Waals surface area (Å²) in [6.45, 7) is 0.368. The fourth-order valence-electron chi connectivity index (χ4n) is 4.25. The number of aliphatic imine (C=N–C) groups is 1. The average Bonchev–Trinajstić information content (AvgIpc) is 3.31. The molecule has 0 unspecified atom stereocenters. The number of aromatic hydroxyl groups is 1. The van der Waals surface area contributed by atoms with Crippen LogP contribution in [0.3, 0.4) is 0 Å². The van der Waals surface area contributed by atoms with Crippen LogP contribution in [0.5, 0.6) is 11.6 Å². The molecule has 8 heteroatoms. The molecule has 0 amide bonds. The van der Waals surface area contributed by atoms with Crippen LogP contribution >= 0.6 is 0 Å². The minimum Gasteiger partial charge on any atom is -0.497 e. The predicted octanol–water partition coefficient (Wildman–Crippen LogP) is 3.80. The van der Waals surface area contributed by atoms with Crippen molar-refractivity contribution in [3.63, 3.8) is 0 Å². The van der Waals surface area contributed by atoms with Crippen LogP contribution in [-0.4, -0.2) is 39.0 Å². The molecule has 0 aliphatic rings. The van der Waals surface area contributed by atoms with E-state index in [4.69, 9.17) is 9.73 Å². The van der Waals surface area contributed by atoms with Crippen molar-refractivity contribution in [2.75, 3.05) is 13.7 Å². The summed E-state index contributed by atoms with van der Waals surface area (Å²) in [6.07, 6.45) is 2.58. The number of hydrogen-bond acceptors (Lipinski definition) is 5. The molecule has 0 aliphatic heterocycles. The zero-order valence-electron chi connectivity index (χ0n) is 19.6. The second-order valence-corrected chi connectivity index (χ2v) is 8.20. The summed E-state index contributed by atoms with van der Waals surface area (Å²) in [7, 11) is 1.54. The highest BCUT2D eigenvalue weighted by molar-refractivity contribution is 6.14. The van der Waals surface area contributed by atoms with Crippen molar-refractivity contribution in [3.05, 3.63) is 123 Å². The van der Waals surface area contributed by atoms with Crippen LogP contribution in [0.15, 0.2) is 99.6 Å². The highest BCUT2D eigenvalue weighted by Gasteiger charge is 2.21. The fourth-order valence-corrected chi connectivity index (χ4v) is 4.25. The standard InChI is InChI=1S/C28H24N4O4/c1-36-21-13-11-20(12-14-21)32-27(34)24(26(33)31-28(32)35)25(18-7-3-2-4-8-18)29-16-15-19-17-30-23-10-6-5-9-22(19)23/h2-14,17,30,34H,15-16H2,1H3,(H,31,33,35). The summed E-state index contributed by atoms with van der Waals surface area (Å²) in [5, 5.41) is 12.3. The number of aromatic amines is 2. The van der Waals surface area contributed by atoms with Gasteiger partial charge in [0.05, 0.1) is 18.5 Å². The van der Waals surface area contributed by atoms with Gasteiger partial charge in [0.15, 0.2) is 0 Å². The molecule has 0 saturated carbocycles. The van der Waals surface area contributed by atoms with Gasteiger partial charge in [-0.1, -0.05) is 48.5 Å². The number of benzene rings is 3. The number of nitrogens with one attached hydrogen (secondary N) is 2. The third-order valence-corrected chi connectivity index (χ3v) is 6.03. The molecule has 0 atom stereocenters. The van der Waals surface area contributed by atoms with Crippen molar-refractivity contribution >= 4 is 16.6 Å². The number of para-hydroxylation sites is 1. The topological polar surface area (TPSA) is 112 Å². The van der Waals surface area contributed by atoms with Gasteiger partial charge in [-0.15, -0.1) is 0 Å². The number of methoxy groups -OCH3 is 1. The van der Waals surface area contributed by atoms with E-state index in [2.05, 4.69) is 9.97 Å². The molecule has 5 aromatic rings. The number of nitrogens with zero attached hydrogens (tertiary/aromatic N) is 2. The van der Waals surface area contributed by atoms with Gasteiger partial charge in [-0.2, -0.15) is 0 Å². The van der Waals surface area contributed by atoms with Gasteiger partial charge in [-0.05, 0) is 42.3 Å². The Morgan fingerprint density at radius 2 is 1.69 bits per heavy atom. The first-order valence-corrected chi connectivity index (χ1v) is 11.4. The number of aromatic nitrogens is 3. The third kappa shape index (κ3) is 4.32.